The number of carbonyl (C=O) groups is 2. The summed E-state index contributed by atoms with van der Waals surface area (Å²) in [6.07, 6.45) is 0. The maximum Gasteiger partial charge on any atom is 0.337 e. The van der Waals surface area contributed by atoms with E-state index in [1.165, 1.54) is 7.11 Å². The van der Waals surface area contributed by atoms with E-state index in [-0.39, 0.29) is 12.5 Å². The van der Waals surface area contributed by atoms with Gasteiger partial charge in [-0.1, -0.05) is 23.7 Å². The molecule has 0 atom stereocenters. The monoisotopic (exact) mass is 425 g/mol. The second-order valence-corrected chi connectivity index (χ2v) is 6.68. The molecule has 0 bridgehead atoms. The van der Waals surface area contributed by atoms with Crippen molar-refractivity contribution < 1.29 is 23.8 Å². The molecule has 3 aromatic rings. The first-order valence-corrected chi connectivity index (χ1v) is 9.43. The number of methoxy groups -OCH3 is 2. The molecule has 0 aliphatic heterocycles. The van der Waals surface area contributed by atoms with Crippen molar-refractivity contribution in [1.29, 1.82) is 0 Å². The highest BCUT2D eigenvalue weighted by molar-refractivity contribution is 6.32. The van der Waals surface area contributed by atoms with Crippen LogP contribution in [-0.2, 0) is 11.3 Å². The normalized spacial score (nSPS) is 10.2. The van der Waals surface area contributed by atoms with E-state index in [9.17, 15) is 9.59 Å². The Morgan fingerprint density at radius 1 is 0.900 bits per heavy atom. The van der Waals surface area contributed by atoms with Gasteiger partial charge in [-0.15, -0.1) is 0 Å². The standard InChI is InChI=1S/C23H20ClNO5/c1-28-20-12-9-16(13-17(20)14-30-21-6-4-3-5-19(21)24)22(26)25-18-10-7-15(8-11-18)23(27)29-2/h3-13H,14H2,1-2H3,(H,25,26). The minimum Gasteiger partial charge on any atom is -0.496 e. The number of benzene rings is 3. The number of halogens is 1. The van der Waals surface area contributed by atoms with Crippen LogP contribution in [-0.4, -0.2) is 26.1 Å². The van der Waals surface area contributed by atoms with E-state index < -0.39 is 5.97 Å². The van der Waals surface area contributed by atoms with E-state index in [4.69, 9.17) is 21.1 Å². The van der Waals surface area contributed by atoms with Gasteiger partial charge >= 0.3 is 5.97 Å². The first-order chi connectivity index (χ1) is 14.5. The van der Waals surface area contributed by atoms with Crippen molar-refractivity contribution in [3.63, 3.8) is 0 Å². The zero-order valence-electron chi connectivity index (χ0n) is 16.5. The third-order valence-electron chi connectivity index (χ3n) is 4.33. The summed E-state index contributed by atoms with van der Waals surface area (Å²) in [5.74, 6) is 0.400. The minimum absolute atomic E-state index is 0.182. The van der Waals surface area contributed by atoms with Gasteiger partial charge in [0.05, 0.1) is 24.8 Å². The van der Waals surface area contributed by atoms with Crippen LogP contribution >= 0.6 is 11.6 Å². The van der Waals surface area contributed by atoms with Gasteiger partial charge in [0.15, 0.2) is 0 Å². The van der Waals surface area contributed by atoms with Crippen LogP contribution in [0.4, 0.5) is 5.69 Å². The fourth-order valence-electron chi connectivity index (χ4n) is 2.76. The van der Waals surface area contributed by atoms with Crippen molar-refractivity contribution in [2.45, 2.75) is 6.61 Å². The second-order valence-electron chi connectivity index (χ2n) is 6.27. The summed E-state index contributed by atoms with van der Waals surface area (Å²) in [5, 5.41) is 3.30. The topological polar surface area (TPSA) is 73.9 Å². The highest BCUT2D eigenvalue weighted by Gasteiger charge is 2.13. The zero-order chi connectivity index (χ0) is 21.5. The van der Waals surface area contributed by atoms with E-state index in [1.54, 1.807) is 61.7 Å². The van der Waals surface area contributed by atoms with Crippen molar-refractivity contribution in [3.8, 4) is 11.5 Å². The lowest BCUT2D eigenvalue weighted by Crippen LogP contribution is -2.13. The average Bonchev–Trinajstić information content (AvgIpc) is 2.78. The maximum absolute atomic E-state index is 12.7. The molecule has 0 aromatic heterocycles. The number of hydrogen-bond donors (Lipinski definition) is 1. The zero-order valence-corrected chi connectivity index (χ0v) is 17.2. The van der Waals surface area contributed by atoms with Gasteiger partial charge in [-0.3, -0.25) is 4.79 Å². The number of ether oxygens (including phenoxy) is 3. The summed E-state index contributed by atoms with van der Waals surface area (Å²) < 4.78 is 15.8. The lowest BCUT2D eigenvalue weighted by atomic mass is 10.1. The molecule has 3 aromatic carbocycles. The molecule has 0 fully saturated rings. The Kier molecular flexibility index (Phi) is 6.93. The molecule has 7 heteroatoms. The smallest absolute Gasteiger partial charge is 0.337 e. The van der Waals surface area contributed by atoms with E-state index in [1.807, 2.05) is 12.1 Å². The van der Waals surface area contributed by atoms with Gasteiger partial charge in [-0.25, -0.2) is 4.79 Å². The molecule has 3 rings (SSSR count). The average molecular weight is 426 g/mol. The van der Waals surface area contributed by atoms with Crippen LogP contribution in [0.2, 0.25) is 5.02 Å². The SMILES string of the molecule is COC(=O)c1ccc(NC(=O)c2ccc(OC)c(COc3ccccc3Cl)c2)cc1. The Labute approximate surface area is 179 Å². The summed E-state index contributed by atoms with van der Waals surface area (Å²) in [5.41, 5.74) is 2.09. The summed E-state index contributed by atoms with van der Waals surface area (Å²) in [6, 6.07) is 18.7. The van der Waals surface area contributed by atoms with Gasteiger partial charge in [-0.2, -0.15) is 0 Å². The Bertz CT molecular complexity index is 1050. The Balaban J connectivity index is 1.74. The third kappa shape index (κ3) is 5.10. The van der Waals surface area contributed by atoms with E-state index in [0.29, 0.717) is 38.9 Å². The first kappa shape index (κ1) is 21.2. The molecule has 0 saturated heterocycles. The number of amides is 1. The van der Waals surface area contributed by atoms with Crippen LogP contribution < -0.4 is 14.8 Å². The van der Waals surface area contributed by atoms with Gasteiger partial charge in [0.2, 0.25) is 0 Å². The second kappa shape index (κ2) is 9.80. The van der Waals surface area contributed by atoms with Gasteiger partial charge in [-0.05, 0) is 54.6 Å². The Morgan fingerprint density at radius 3 is 2.27 bits per heavy atom. The number of esters is 1. The van der Waals surface area contributed by atoms with Crippen molar-refractivity contribution in [1.82, 2.24) is 0 Å². The number of rotatable bonds is 7. The molecule has 0 saturated carbocycles. The molecule has 1 N–H and O–H groups in total. The van der Waals surface area contributed by atoms with Crippen LogP contribution in [0.15, 0.2) is 66.7 Å². The van der Waals surface area contributed by atoms with Crippen molar-refractivity contribution >= 4 is 29.2 Å². The lowest BCUT2D eigenvalue weighted by Gasteiger charge is -2.13. The fourth-order valence-corrected chi connectivity index (χ4v) is 2.95. The molecule has 0 unspecified atom stereocenters. The van der Waals surface area contributed by atoms with Crippen LogP contribution in [0.25, 0.3) is 0 Å². The summed E-state index contributed by atoms with van der Waals surface area (Å²) >= 11 is 6.13. The van der Waals surface area contributed by atoms with Crippen molar-refractivity contribution in [2.75, 3.05) is 19.5 Å². The molecule has 0 aliphatic carbocycles. The Morgan fingerprint density at radius 2 is 1.60 bits per heavy atom. The molecule has 6 nitrogen and oxygen atoms in total. The molecule has 154 valence electrons. The largest absolute Gasteiger partial charge is 0.496 e. The van der Waals surface area contributed by atoms with E-state index >= 15 is 0 Å². The highest BCUT2D eigenvalue weighted by Crippen LogP contribution is 2.27. The van der Waals surface area contributed by atoms with Gasteiger partial charge in [0, 0.05) is 16.8 Å². The quantitative estimate of drug-likeness (QED) is 0.541. The minimum atomic E-state index is -0.439. The predicted octanol–water partition coefficient (Wildman–Crippen LogP) is 4.97. The summed E-state index contributed by atoms with van der Waals surface area (Å²) in [7, 11) is 2.87. The van der Waals surface area contributed by atoms with E-state index in [2.05, 4.69) is 10.1 Å². The Hall–Kier alpha value is -3.51. The maximum atomic E-state index is 12.7. The molecule has 30 heavy (non-hydrogen) atoms. The molecule has 0 heterocycles. The van der Waals surface area contributed by atoms with Gasteiger partial charge < -0.3 is 19.5 Å². The molecular weight excluding hydrogens is 406 g/mol. The van der Waals surface area contributed by atoms with Crippen molar-refractivity contribution in [3.05, 3.63) is 88.4 Å². The molecule has 1 amide bonds. The lowest BCUT2D eigenvalue weighted by molar-refractivity contribution is 0.0600. The van der Waals surface area contributed by atoms with Crippen LogP contribution in [0.3, 0.4) is 0 Å². The number of hydrogen-bond acceptors (Lipinski definition) is 5. The summed E-state index contributed by atoms with van der Waals surface area (Å²) in [4.78, 5) is 24.2. The number of para-hydroxylation sites is 1. The number of anilines is 1. The number of nitrogens with one attached hydrogen (secondary N) is 1. The van der Waals surface area contributed by atoms with E-state index in [0.717, 1.165) is 0 Å². The fraction of sp³-hybridized carbons (Fsp3) is 0.130. The van der Waals surface area contributed by atoms with Gasteiger partial charge in [0.1, 0.15) is 18.1 Å². The molecule has 0 aliphatic rings. The van der Waals surface area contributed by atoms with Crippen LogP contribution in [0.1, 0.15) is 26.3 Å². The van der Waals surface area contributed by atoms with Crippen molar-refractivity contribution in [2.24, 2.45) is 0 Å². The third-order valence-corrected chi connectivity index (χ3v) is 4.64. The van der Waals surface area contributed by atoms with Crippen LogP contribution in [0.5, 0.6) is 11.5 Å². The molecule has 0 spiro atoms. The first-order valence-electron chi connectivity index (χ1n) is 9.06. The molecule has 0 radical (unpaired) electrons. The number of carbonyl (C=O) groups excluding carboxylic acids is 2. The van der Waals surface area contributed by atoms with Gasteiger partial charge in [0.25, 0.3) is 5.91 Å². The predicted molar refractivity (Wildman–Crippen MR) is 115 cm³/mol. The van der Waals surface area contributed by atoms with Crippen LogP contribution in [0, 0.1) is 0 Å². The summed E-state index contributed by atoms with van der Waals surface area (Å²) in [6.45, 7) is 0.182. The molecular formula is C23H20ClNO5. The highest BCUT2D eigenvalue weighted by atomic mass is 35.5.